The largest absolute Gasteiger partial charge is 0.323 e. The van der Waals surface area contributed by atoms with Gasteiger partial charge in [0.25, 0.3) is 0 Å². The van der Waals surface area contributed by atoms with Crippen molar-refractivity contribution in [1.82, 2.24) is 15.0 Å². The van der Waals surface area contributed by atoms with Crippen LogP contribution in [0.25, 0.3) is 0 Å². The number of nitrogens with one attached hydrogen (secondary N) is 1. The molecule has 2 rings (SSSR count). The molecule has 1 aromatic heterocycles. The van der Waals surface area contributed by atoms with Crippen molar-refractivity contribution in [3.8, 4) is 0 Å². The van der Waals surface area contributed by atoms with Gasteiger partial charge in [-0.2, -0.15) is 15.0 Å². The molecule has 0 radical (unpaired) electrons. The molecule has 0 amide bonds. The summed E-state index contributed by atoms with van der Waals surface area (Å²) in [4.78, 5) is 11.4. The number of para-hydroxylation sites is 1. The van der Waals surface area contributed by atoms with Crippen molar-refractivity contribution in [2.24, 2.45) is 0 Å². The van der Waals surface area contributed by atoms with Crippen LogP contribution in [0.15, 0.2) is 24.3 Å². The van der Waals surface area contributed by atoms with E-state index in [9.17, 15) is 0 Å². The number of benzene rings is 1. The Labute approximate surface area is 133 Å². The average molecular weight is 334 g/mol. The van der Waals surface area contributed by atoms with Crippen molar-refractivity contribution >= 4 is 46.4 Å². The lowest BCUT2D eigenvalue weighted by Gasteiger charge is -2.06. The van der Waals surface area contributed by atoms with E-state index in [0.29, 0.717) is 10.7 Å². The average Bonchev–Trinajstić information content (AvgIpc) is 2.41. The molecule has 0 bridgehead atoms. The minimum absolute atomic E-state index is 0.0227. The third kappa shape index (κ3) is 5.90. The first kappa shape index (κ1) is 17.0. The van der Waals surface area contributed by atoms with Crippen LogP contribution in [0.3, 0.4) is 0 Å². The Balaban J connectivity index is 0.000000444. The number of nitrogens with zero attached hydrogens (tertiary/aromatic N) is 3. The zero-order valence-corrected chi connectivity index (χ0v) is 13.5. The quantitative estimate of drug-likeness (QED) is 0.819. The van der Waals surface area contributed by atoms with E-state index in [-0.39, 0.29) is 16.5 Å². The maximum Gasteiger partial charge on any atom is 0.232 e. The Bertz CT molecular complexity index is 527. The van der Waals surface area contributed by atoms with Crippen molar-refractivity contribution in [1.29, 1.82) is 0 Å². The summed E-state index contributed by atoms with van der Waals surface area (Å²) >= 11 is 17.2. The van der Waals surface area contributed by atoms with Crippen LogP contribution in [0.1, 0.15) is 26.7 Å². The zero-order valence-electron chi connectivity index (χ0n) is 11.2. The molecule has 0 aliphatic carbocycles. The highest BCUT2D eigenvalue weighted by Crippen LogP contribution is 2.23. The number of hydrogen-bond acceptors (Lipinski definition) is 4. The molecule has 0 fully saturated rings. The normalized spacial score (nSPS) is 9.65. The van der Waals surface area contributed by atoms with Crippen LogP contribution in [0, 0.1) is 0 Å². The van der Waals surface area contributed by atoms with E-state index >= 15 is 0 Å². The molecule has 7 heteroatoms. The van der Waals surface area contributed by atoms with Crippen molar-refractivity contribution < 1.29 is 0 Å². The second-order valence-electron chi connectivity index (χ2n) is 3.80. The predicted molar refractivity (Wildman–Crippen MR) is 85.2 cm³/mol. The first-order chi connectivity index (χ1) is 9.56. The van der Waals surface area contributed by atoms with Gasteiger partial charge in [0, 0.05) is 0 Å². The first-order valence-corrected chi connectivity index (χ1v) is 7.28. The Kier molecular flexibility index (Phi) is 7.59. The van der Waals surface area contributed by atoms with Gasteiger partial charge in [-0.3, -0.25) is 0 Å². The maximum atomic E-state index is 5.95. The minimum atomic E-state index is 0.0227. The monoisotopic (exact) mass is 332 g/mol. The summed E-state index contributed by atoms with van der Waals surface area (Å²) in [5.74, 6) is 0.248. The molecule has 0 aliphatic rings. The number of aromatic nitrogens is 3. The van der Waals surface area contributed by atoms with Gasteiger partial charge in [-0.15, -0.1) is 0 Å². The van der Waals surface area contributed by atoms with E-state index in [1.54, 1.807) is 12.1 Å². The highest BCUT2D eigenvalue weighted by atomic mass is 35.5. The highest BCUT2D eigenvalue weighted by Gasteiger charge is 2.05. The molecule has 4 nitrogen and oxygen atoms in total. The fourth-order valence-electron chi connectivity index (χ4n) is 1.06. The van der Waals surface area contributed by atoms with Gasteiger partial charge < -0.3 is 5.32 Å². The molecule has 20 heavy (non-hydrogen) atoms. The van der Waals surface area contributed by atoms with Gasteiger partial charge in [-0.1, -0.05) is 50.4 Å². The summed E-state index contributed by atoms with van der Waals surface area (Å²) in [5.41, 5.74) is 0.669. The fourth-order valence-corrected chi connectivity index (χ4v) is 1.61. The molecule has 108 valence electrons. The summed E-state index contributed by atoms with van der Waals surface area (Å²) in [6.07, 6.45) is 2.64. The van der Waals surface area contributed by atoms with Crippen LogP contribution >= 0.6 is 34.8 Å². The number of rotatable bonds is 3. The van der Waals surface area contributed by atoms with E-state index in [1.807, 2.05) is 12.1 Å². The molecule has 0 unspecified atom stereocenters. The van der Waals surface area contributed by atoms with Crippen LogP contribution in [0.2, 0.25) is 15.6 Å². The molecule has 0 saturated heterocycles. The molecule has 1 heterocycles. The molecule has 0 aliphatic heterocycles. The first-order valence-electron chi connectivity index (χ1n) is 6.15. The number of unbranched alkanes of at least 4 members (excludes halogenated alkanes) is 1. The molecular weight excluding hydrogens is 319 g/mol. The van der Waals surface area contributed by atoms with Gasteiger partial charge in [0.05, 0.1) is 10.7 Å². The molecule has 1 N–H and O–H groups in total. The van der Waals surface area contributed by atoms with Gasteiger partial charge in [0.15, 0.2) is 0 Å². The molecule has 0 spiro atoms. The van der Waals surface area contributed by atoms with Gasteiger partial charge >= 0.3 is 0 Å². The Hall–Kier alpha value is -1.10. The zero-order chi connectivity index (χ0) is 15.0. The van der Waals surface area contributed by atoms with Gasteiger partial charge in [-0.25, -0.2) is 0 Å². The van der Waals surface area contributed by atoms with Gasteiger partial charge in [0.2, 0.25) is 16.5 Å². The van der Waals surface area contributed by atoms with Crippen molar-refractivity contribution in [3.63, 3.8) is 0 Å². The standard InChI is InChI=1S/C9H5Cl3N4.C4H10/c10-5-3-1-2-4-6(5)13-9-15-7(11)14-8(12)16-9;1-3-4-2/h1-4H,(H,13,14,15,16);3-4H2,1-2H3. The van der Waals surface area contributed by atoms with Crippen LogP contribution in [-0.4, -0.2) is 15.0 Å². The second-order valence-corrected chi connectivity index (χ2v) is 4.89. The van der Waals surface area contributed by atoms with E-state index in [2.05, 4.69) is 34.1 Å². The maximum absolute atomic E-state index is 5.95. The van der Waals surface area contributed by atoms with Crippen LogP contribution in [-0.2, 0) is 0 Å². The molecular formula is C13H15Cl3N4. The smallest absolute Gasteiger partial charge is 0.232 e. The number of hydrogen-bond donors (Lipinski definition) is 1. The number of anilines is 2. The Morgan fingerprint density at radius 1 is 0.900 bits per heavy atom. The molecule has 1 aromatic carbocycles. The summed E-state index contributed by atoms with van der Waals surface area (Å²) in [7, 11) is 0. The summed E-state index contributed by atoms with van der Waals surface area (Å²) in [5, 5.41) is 3.49. The van der Waals surface area contributed by atoms with E-state index in [1.165, 1.54) is 12.8 Å². The van der Waals surface area contributed by atoms with Crippen LogP contribution < -0.4 is 5.32 Å². The predicted octanol–water partition coefficient (Wildman–Crippen LogP) is 5.38. The van der Waals surface area contributed by atoms with E-state index in [0.717, 1.165) is 0 Å². The molecule has 0 atom stereocenters. The third-order valence-corrected chi connectivity index (χ3v) is 2.87. The summed E-state index contributed by atoms with van der Waals surface area (Å²) in [6, 6.07) is 7.18. The van der Waals surface area contributed by atoms with E-state index in [4.69, 9.17) is 34.8 Å². The lowest BCUT2D eigenvalue weighted by atomic mass is 10.3. The van der Waals surface area contributed by atoms with E-state index < -0.39 is 0 Å². The number of halogens is 3. The summed E-state index contributed by atoms with van der Waals surface area (Å²) in [6.45, 7) is 4.36. The Morgan fingerprint density at radius 3 is 1.95 bits per heavy atom. The van der Waals surface area contributed by atoms with Crippen LogP contribution in [0.5, 0.6) is 0 Å². The van der Waals surface area contributed by atoms with Crippen molar-refractivity contribution in [2.45, 2.75) is 26.7 Å². The van der Waals surface area contributed by atoms with Crippen molar-refractivity contribution in [2.75, 3.05) is 5.32 Å². The van der Waals surface area contributed by atoms with Crippen molar-refractivity contribution in [3.05, 3.63) is 39.9 Å². The van der Waals surface area contributed by atoms with Gasteiger partial charge in [0.1, 0.15) is 0 Å². The SMILES string of the molecule is CCCC.Clc1nc(Cl)nc(Nc2ccccc2Cl)n1. The summed E-state index contributed by atoms with van der Waals surface area (Å²) < 4.78 is 0. The highest BCUT2D eigenvalue weighted by molar-refractivity contribution is 6.33. The van der Waals surface area contributed by atoms with Gasteiger partial charge in [-0.05, 0) is 35.3 Å². The fraction of sp³-hybridized carbons (Fsp3) is 0.308. The Morgan fingerprint density at radius 2 is 1.45 bits per heavy atom. The lowest BCUT2D eigenvalue weighted by Crippen LogP contribution is -1.99. The minimum Gasteiger partial charge on any atom is -0.323 e. The lowest BCUT2D eigenvalue weighted by molar-refractivity contribution is 0.886. The second kappa shape index (κ2) is 8.95. The third-order valence-electron chi connectivity index (χ3n) is 2.20. The van der Waals surface area contributed by atoms with Crippen LogP contribution in [0.4, 0.5) is 11.6 Å². The topological polar surface area (TPSA) is 50.7 Å². The molecule has 0 saturated carbocycles. The molecule has 2 aromatic rings.